The number of ketones is 1. The molecule has 0 aromatic rings. The van der Waals surface area contributed by atoms with E-state index in [4.69, 9.17) is 5.11 Å². The van der Waals surface area contributed by atoms with Crippen molar-refractivity contribution in [1.82, 2.24) is 5.32 Å². The van der Waals surface area contributed by atoms with Gasteiger partial charge in [-0.05, 0) is 25.7 Å². The topological polar surface area (TPSA) is 66.4 Å². The number of Topliss-reactive ketones (excluding diaryl/α,β-unsaturated/α-hetero) is 1. The molecule has 4 heteroatoms. The van der Waals surface area contributed by atoms with E-state index in [1.54, 1.807) is 0 Å². The minimum Gasteiger partial charge on any atom is -0.480 e. The maximum atomic E-state index is 11.5. The van der Waals surface area contributed by atoms with Crippen molar-refractivity contribution in [2.45, 2.75) is 43.7 Å². The van der Waals surface area contributed by atoms with E-state index in [0.717, 1.165) is 12.8 Å². The summed E-state index contributed by atoms with van der Waals surface area (Å²) >= 11 is 0. The standard InChI is InChI=1S/C9H13NO3/c11-7-2-1-4-9(7)5-3-6(10-9)8(12)13/h6,10H,1-5H2,(H,12,13). The molecule has 1 spiro atoms. The lowest BCUT2D eigenvalue weighted by Crippen LogP contribution is -2.48. The molecule has 0 radical (unpaired) electrons. The van der Waals surface area contributed by atoms with E-state index in [-0.39, 0.29) is 5.78 Å². The molecule has 1 aliphatic carbocycles. The second-order valence-corrected chi connectivity index (χ2v) is 3.93. The van der Waals surface area contributed by atoms with Crippen LogP contribution in [0.25, 0.3) is 0 Å². The van der Waals surface area contributed by atoms with Gasteiger partial charge in [-0.2, -0.15) is 0 Å². The Kier molecular flexibility index (Phi) is 1.87. The molecule has 2 fully saturated rings. The van der Waals surface area contributed by atoms with Crippen molar-refractivity contribution in [3.8, 4) is 0 Å². The molecule has 2 aliphatic rings. The van der Waals surface area contributed by atoms with Crippen molar-refractivity contribution < 1.29 is 14.7 Å². The molecule has 2 atom stereocenters. The summed E-state index contributed by atoms with van der Waals surface area (Å²) in [5, 5.41) is 11.7. The van der Waals surface area contributed by atoms with Crippen LogP contribution in [-0.4, -0.2) is 28.4 Å². The van der Waals surface area contributed by atoms with Gasteiger partial charge in [0.15, 0.2) is 5.78 Å². The number of carbonyl (C=O) groups excluding carboxylic acids is 1. The van der Waals surface area contributed by atoms with Gasteiger partial charge in [0.2, 0.25) is 0 Å². The van der Waals surface area contributed by atoms with Crippen LogP contribution in [0.4, 0.5) is 0 Å². The molecule has 2 unspecified atom stereocenters. The van der Waals surface area contributed by atoms with Crippen molar-refractivity contribution in [1.29, 1.82) is 0 Å². The predicted octanol–water partition coefficient (Wildman–Crippen LogP) is 0.315. The fraction of sp³-hybridized carbons (Fsp3) is 0.778. The lowest BCUT2D eigenvalue weighted by atomic mass is 9.95. The Morgan fingerprint density at radius 1 is 1.54 bits per heavy atom. The molecule has 1 saturated carbocycles. The molecule has 1 aliphatic heterocycles. The summed E-state index contributed by atoms with van der Waals surface area (Å²) < 4.78 is 0. The van der Waals surface area contributed by atoms with Gasteiger partial charge in [-0.1, -0.05) is 0 Å². The highest BCUT2D eigenvalue weighted by Crippen LogP contribution is 2.35. The first-order valence-corrected chi connectivity index (χ1v) is 4.68. The molecular weight excluding hydrogens is 170 g/mol. The molecule has 1 heterocycles. The zero-order chi connectivity index (χ0) is 9.47. The smallest absolute Gasteiger partial charge is 0.320 e. The van der Waals surface area contributed by atoms with Gasteiger partial charge in [0.05, 0.1) is 5.54 Å². The van der Waals surface area contributed by atoms with Gasteiger partial charge in [-0.15, -0.1) is 0 Å². The molecule has 2 N–H and O–H groups in total. The van der Waals surface area contributed by atoms with Crippen LogP contribution in [0.5, 0.6) is 0 Å². The van der Waals surface area contributed by atoms with Crippen molar-refractivity contribution in [2.24, 2.45) is 0 Å². The van der Waals surface area contributed by atoms with Crippen LogP contribution in [0, 0.1) is 0 Å². The second kappa shape index (κ2) is 2.80. The SMILES string of the molecule is O=C(O)C1CCC2(CCCC2=O)N1. The third kappa shape index (κ3) is 1.25. The number of hydrogen-bond acceptors (Lipinski definition) is 3. The van der Waals surface area contributed by atoms with Crippen molar-refractivity contribution >= 4 is 11.8 Å². The van der Waals surface area contributed by atoms with Crippen LogP contribution in [0.3, 0.4) is 0 Å². The van der Waals surface area contributed by atoms with Gasteiger partial charge in [-0.25, -0.2) is 0 Å². The molecule has 0 bridgehead atoms. The van der Waals surface area contributed by atoms with Gasteiger partial charge in [0.1, 0.15) is 6.04 Å². The Morgan fingerprint density at radius 2 is 2.31 bits per heavy atom. The van der Waals surface area contributed by atoms with Crippen molar-refractivity contribution in [3.05, 3.63) is 0 Å². The molecule has 0 aromatic heterocycles. The highest BCUT2D eigenvalue weighted by Gasteiger charge is 2.48. The number of rotatable bonds is 1. The van der Waals surface area contributed by atoms with Gasteiger partial charge < -0.3 is 5.11 Å². The first kappa shape index (κ1) is 8.69. The summed E-state index contributed by atoms with van der Waals surface area (Å²) in [6.07, 6.45) is 3.61. The quantitative estimate of drug-likeness (QED) is 0.614. The average molecular weight is 183 g/mol. The van der Waals surface area contributed by atoms with E-state index in [2.05, 4.69) is 5.32 Å². The van der Waals surface area contributed by atoms with E-state index in [0.29, 0.717) is 19.3 Å². The van der Waals surface area contributed by atoms with Gasteiger partial charge in [0.25, 0.3) is 0 Å². The molecule has 4 nitrogen and oxygen atoms in total. The number of carboxylic acids is 1. The van der Waals surface area contributed by atoms with Crippen molar-refractivity contribution in [3.63, 3.8) is 0 Å². The number of nitrogens with one attached hydrogen (secondary N) is 1. The maximum Gasteiger partial charge on any atom is 0.320 e. The highest BCUT2D eigenvalue weighted by molar-refractivity contribution is 5.92. The summed E-state index contributed by atoms with van der Waals surface area (Å²) in [5.74, 6) is -0.632. The Labute approximate surface area is 76.3 Å². The fourth-order valence-electron chi connectivity index (χ4n) is 2.40. The number of aliphatic carboxylic acids is 1. The largest absolute Gasteiger partial charge is 0.480 e. The summed E-state index contributed by atoms with van der Waals surface area (Å²) in [6.45, 7) is 0. The van der Waals surface area contributed by atoms with Crippen molar-refractivity contribution in [2.75, 3.05) is 0 Å². The molecule has 0 aromatic carbocycles. The summed E-state index contributed by atoms with van der Waals surface area (Å²) in [7, 11) is 0. The average Bonchev–Trinajstić information content (AvgIpc) is 2.63. The second-order valence-electron chi connectivity index (χ2n) is 3.93. The number of carboxylic acid groups (broad SMARTS) is 1. The van der Waals surface area contributed by atoms with Gasteiger partial charge in [-0.3, -0.25) is 14.9 Å². The van der Waals surface area contributed by atoms with Crippen LogP contribution in [0.15, 0.2) is 0 Å². The van der Waals surface area contributed by atoms with E-state index in [1.165, 1.54) is 0 Å². The molecule has 2 rings (SSSR count). The van der Waals surface area contributed by atoms with E-state index in [9.17, 15) is 9.59 Å². The maximum absolute atomic E-state index is 11.5. The number of carbonyl (C=O) groups is 2. The third-order valence-corrected chi connectivity index (χ3v) is 3.15. The zero-order valence-electron chi connectivity index (χ0n) is 7.38. The van der Waals surface area contributed by atoms with Crippen LogP contribution in [0.1, 0.15) is 32.1 Å². The Hall–Kier alpha value is -0.900. The molecule has 0 amide bonds. The van der Waals surface area contributed by atoms with Crippen LogP contribution < -0.4 is 5.32 Å². The zero-order valence-corrected chi connectivity index (χ0v) is 7.38. The van der Waals surface area contributed by atoms with Crippen LogP contribution in [0.2, 0.25) is 0 Å². The summed E-state index contributed by atoms with van der Waals surface area (Å²) in [6, 6.07) is -0.512. The normalized spacial score (nSPS) is 38.8. The fourth-order valence-corrected chi connectivity index (χ4v) is 2.40. The summed E-state index contributed by atoms with van der Waals surface area (Å²) in [4.78, 5) is 22.2. The van der Waals surface area contributed by atoms with Crippen LogP contribution >= 0.6 is 0 Å². The first-order chi connectivity index (χ1) is 6.14. The number of hydrogen-bond donors (Lipinski definition) is 2. The van der Waals surface area contributed by atoms with Crippen LogP contribution in [-0.2, 0) is 9.59 Å². The van der Waals surface area contributed by atoms with E-state index < -0.39 is 17.6 Å². The minimum atomic E-state index is -0.837. The lowest BCUT2D eigenvalue weighted by Gasteiger charge is -2.21. The molecular formula is C9H13NO3. The third-order valence-electron chi connectivity index (χ3n) is 3.15. The van der Waals surface area contributed by atoms with E-state index >= 15 is 0 Å². The Balaban J connectivity index is 2.12. The molecule has 72 valence electrons. The monoisotopic (exact) mass is 183 g/mol. The van der Waals surface area contributed by atoms with Gasteiger partial charge >= 0.3 is 5.97 Å². The lowest BCUT2D eigenvalue weighted by molar-refractivity contribution is -0.139. The Bertz CT molecular complexity index is 264. The Morgan fingerprint density at radius 3 is 2.77 bits per heavy atom. The summed E-state index contributed by atoms with van der Waals surface area (Å²) in [5.41, 5.74) is -0.469. The molecule has 1 saturated heterocycles. The first-order valence-electron chi connectivity index (χ1n) is 4.68. The minimum absolute atomic E-state index is 0.205. The van der Waals surface area contributed by atoms with E-state index in [1.807, 2.05) is 0 Å². The predicted molar refractivity (Wildman–Crippen MR) is 45.4 cm³/mol. The molecule has 13 heavy (non-hydrogen) atoms. The highest BCUT2D eigenvalue weighted by atomic mass is 16.4. The van der Waals surface area contributed by atoms with Gasteiger partial charge in [0, 0.05) is 6.42 Å².